The van der Waals surface area contributed by atoms with Gasteiger partial charge in [-0.3, -0.25) is 0 Å². The van der Waals surface area contributed by atoms with Crippen molar-refractivity contribution in [1.29, 1.82) is 0 Å². The number of aryl methyl sites for hydroxylation is 1. The average molecular weight is 345 g/mol. The van der Waals surface area contributed by atoms with Crippen molar-refractivity contribution in [2.45, 2.75) is 52.4 Å². The molecule has 1 fully saturated rings. The number of anilines is 1. The normalized spacial score (nSPS) is 15.8. The Labute approximate surface area is 148 Å². The second-order valence-electron chi connectivity index (χ2n) is 6.98. The van der Waals surface area contributed by atoms with Crippen molar-refractivity contribution in [2.75, 3.05) is 24.6 Å². The van der Waals surface area contributed by atoms with Crippen LogP contribution in [0.3, 0.4) is 0 Å². The van der Waals surface area contributed by atoms with E-state index in [9.17, 15) is 0 Å². The zero-order valence-electron chi connectivity index (χ0n) is 15.3. The molecule has 136 valence electrons. The number of nitrogens with zero attached hydrogens (tertiary/aromatic N) is 5. The van der Waals surface area contributed by atoms with Crippen LogP contribution in [0.1, 0.15) is 57.1 Å². The third-order valence-electron chi connectivity index (χ3n) is 4.62. The van der Waals surface area contributed by atoms with Crippen LogP contribution in [-0.4, -0.2) is 39.8 Å². The van der Waals surface area contributed by atoms with Crippen LogP contribution in [0.2, 0.25) is 0 Å². The van der Waals surface area contributed by atoms with Crippen molar-refractivity contribution in [3.8, 4) is 5.75 Å². The first-order valence-electron chi connectivity index (χ1n) is 9.12. The smallest absolute Gasteiger partial charge is 0.324 e. The van der Waals surface area contributed by atoms with Gasteiger partial charge in [0.05, 0.1) is 19.0 Å². The number of piperidine rings is 1. The lowest BCUT2D eigenvalue weighted by Gasteiger charge is -2.30. The monoisotopic (exact) mass is 345 g/mol. The maximum Gasteiger partial charge on any atom is 0.324 e. The number of hydrogen-bond donors (Lipinski definition) is 0. The van der Waals surface area contributed by atoms with E-state index < -0.39 is 0 Å². The van der Waals surface area contributed by atoms with Gasteiger partial charge in [0.2, 0.25) is 0 Å². The molecule has 7 nitrogen and oxygen atoms in total. The second-order valence-corrected chi connectivity index (χ2v) is 6.98. The fourth-order valence-corrected chi connectivity index (χ4v) is 3.02. The van der Waals surface area contributed by atoms with Gasteiger partial charge < -0.3 is 14.2 Å². The van der Waals surface area contributed by atoms with Gasteiger partial charge in [-0.05, 0) is 38.5 Å². The van der Waals surface area contributed by atoms with Crippen LogP contribution in [0.15, 0.2) is 16.9 Å². The maximum atomic E-state index is 5.70. The third kappa shape index (κ3) is 4.90. The highest BCUT2D eigenvalue weighted by Gasteiger charge is 2.23. The van der Waals surface area contributed by atoms with Crippen molar-refractivity contribution in [1.82, 2.24) is 20.1 Å². The van der Waals surface area contributed by atoms with Gasteiger partial charge in [-0.15, -0.1) is 0 Å². The molecule has 0 saturated carbocycles. The molecule has 25 heavy (non-hydrogen) atoms. The van der Waals surface area contributed by atoms with Crippen LogP contribution in [0.4, 0.5) is 6.01 Å². The predicted octanol–water partition coefficient (Wildman–Crippen LogP) is 3.37. The molecule has 0 amide bonds. The van der Waals surface area contributed by atoms with Crippen LogP contribution in [0.5, 0.6) is 5.75 Å². The van der Waals surface area contributed by atoms with E-state index in [1.807, 2.05) is 6.92 Å². The standard InChI is InChI=1S/C18H27N5O2/c1-13(2)17-21-18(25-22-17)23-8-6-15(7-9-23)5-4-10-24-16-11-19-14(3)20-12-16/h11-13,15H,4-10H2,1-3H3. The lowest BCUT2D eigenvalue weighted by molar-refractivity contribution is 0.275. The summed E-state index contributed by atoms with van der Waals surface area (Å²) in [5.41, 5.74) is 0. The Morgan fingerprint density at radius 3 is 2.60 bits per heavy atom. The van der Waals surface area contributed by atoms with Gasteiger partial charge in [0.1, 0.15) is 5.82 Å². The molecule has 0 N–H and O–H groups in total. The number of ether oxygens (including phenoxy) is 1. The zero-order chi connectivity index (χ0) is 17.6. The van der Waals surface area contributed by atoms with E-state index in [0.717, 1.165) is 55.7 Å². The highest BCUT2D eigenvalue weighted by molar-refractivity contribution is 5.26. The Bertz CT molecular complexity index is 648. The molecule has 0 aromatic carbocycles. The fraction of sp³-hybridized carbons (Fsp3) is 0.667. The van der Waals surface area contributed by atoms with Crippen molar-refractivity contribution >= 4 is 6.01 Å². The van der Waals surface area contributed by atoms with Gasteiger partial charge in [0.15, 0.2) is 11.6 Å². The van der Waals surface area contributed by atoms with Crippen LogP contribution < -0.4 is 9.64 Å². The van der Waals surface area contributed by atoms with Crippen LogP contribution >= 0.6 is 0 Å². The highest BCUT2D eigenvalue weighted by Crippen LogP contribution is 2.26. The summed E-state index contributed by atoms with van der Waals surface area (Å²) in [6.45, 7) is 8.70. The van der Waals surface area contributed by atoms with Gasteiger partial charge in [0, 0.05) is 19.0 Å². The number of rotatable bonds is 7. The highest BCUT2D eigenvalue weighted by atomic mass is 16.5. The average Bonchev–Trinajstić information content (AvgIpc) is 3.11. The van der Waals surface area contributed by atoms with Crippen LogP contribution in [0.25, 0.3) is 0 Å². The van der Waals surface area contributed by atoms with Crippen molar-refractivity contribution in [3.05, 3.63) is 24.0 Å². The minimum Gasteiger partial charge on any atom is -0.490 e. The molecular weight excluding hydrogens is 318 g/mol. The molecule has 1 saturated heterocycles. The van der Waals surface area contributed by atoms with Crippen molar-refractivity contribution in [3.63, 3.8) is 0 Å². The molecule has 0 aliphatic carbocycles. The van der Waals surface area contributed by atoms with Gasteiger partial charge in [-0.2, -0.15) is 4.98 Å². The summed E-state index contributed by atoms with van der Waals surface area (Å²) in [5.74, 6) is 3.34. The second kappa shape index (κ2) is 8.27. The predicted molar refractivity (Wildman–Crippen MR) is 94.8 cm³/mol. The topological polar surface area (TPSA) is 77.2 Å². The Balaban J connectivity index is 1.35. The summed E-state index contributed by atoms with van der Waals surface area (Å²) >= 11 is 0. The van der Waals surface area contributed by atoms with E-state index in [2.05, 4.69) is 38.9 Å². The first-order chi connectivity index (χ1) is 12.1. The largest absolute Gasteiger partial charge is 0.490 e. The summed E-state index contributed by atoms with van der Waals surface area (Å²) in [6, 6.07) is 0.671. The van der Waals surface area contributed by atoms with Gasteiger partial charge in [0.25, 0.3) is 0 Å². The number of hydrogen-bond acceptors (Lipinski definition) is 7. The lowest BCUT2D eigenvalue weighted by Crippen LogP contribution is -2.34. The van der Waals surface area contributed by atoms with Crippen LogP contribution in [-0.2, 0) is 0 Å². The van der Waals surface area contributed by atoms with E-state index in [4.69, 9.17) is 9.26 Å². The molecule has 1 aliphatic heterocycles. The Morgan fingerprint density at radius 2 is 1.96 bits per heavy atom. The number of aromatic nitrogens is 4. The molecule has 2 aromatic rings. The molecule has 3 rings (SSSR count). The molecular formula is C18H27N5O2. The summed E-state index contributed by atoms with van der Waals surface area (Å²) in [4.78, 5) is 15.0. The quantitative estimate of drug-likeness (QED) is 0.712. The zero-order valence-corrected chi connectivity index (χ0v) is 15.3. The van der Waals surface area contributed by atoms with Crippen LogP contribution in [0, 0.1) is 12.8 Å². The van der Waals surface area contributed by atoms with E-state index in [-0.39, 0.29) is 0 Å². The first-order valence-corrected chi connectivity index (χ1v) is 9.12. The lowest BCUT2D eigenvalue weighted by atomic mass is 9.92. The molecule has 1 aliphatic rings. The summed E-state index contributed by atoms with van der Waals surface area (Å²) < 4.78 is 11.1. The Kier molecular flexibility index (Phi) is 5.83. The van der Waals surface area contributed by atoms with E-state index >= 15 is 0 Å². The molecule has 0 spiro atoms. The van der Waals surface area contributed by atoms with Gasteiger partial charge in [-0.25, -0.2) is 9.97 Å². The maximum absolute atomic E-state index is 5.70. The molecule has 2 aromatic heterocycles. The van der Waals surface area contributed by atoms with E-state index in [1.54, 1.807) is 12.4 Å². The van der Waals surface area contributed by atoms with Gasteiger partial charge >= 0.3 is 6.01 Å². The molecule has 0 radical (unpaired) electrons. The van der Waals surface area contributed by atoms with Crippen molar-refractivity contribution < 1.29 is 9.26 Å². The Morgan fingerprint density at radius 1 is 1.24 bits per heavy atom. The minimum absolute atomic E-state index is 0.300. The summed E-state index contributed by atoms with van der Waals surface area (Å²) in [6.07, 6.45) is 8.02. The molecule has 7 heteroatoms. The molecule has 0 bridgehead atoms. The first kappa shape index (κ1) is 17.6. The Hall–Kier alpha value is -2.18. The minimum atomic E-state index is 0.300. The summed E-state index contributed by atoms with van der Waals surface area (Å²) in [5, 5.41) is 4.05. The molecule has 3 heterocycles. The van der Waals surface area contributed by atoms with E-state index in [0.29, 0.717) is 18.5 Å². The summed E-state index contributed by atoms with van der Waals surface area (Å²) in [7, 11) is 0. The third-order valence-corrected chi connectivity index (χ3v) is 4.62. The van der Waals surface area contributed by atoms with Crippen molar-refractivity contribution in [2.24, 2.45) is 5.92 Å². The SMILES string of the molecule is Cc1ncc(OCCCC2CCN(c3nc(C(C)C)no3)CC2)cn1. The van der Waals surface area contributed by atoms with Gasteiger partial charge in [-0.1, -0.05) is 19.0 Å². The van der Waals surface area contributed by atoms with E-state index in [1.165, 1.54) is 6.42 Å². The fourth-order valence-electron chi connectivity index (χ4n) is 3.02. The molecule has 0 unspecified atom stereocenters. The molecule has 0 atom stereocenters.